The summed E-state index contributed by atoms with van der Waals surface area (Å²) in [6, 6.07) is 14.6. The molecule has 1 amide bonds. The van der Waals surface area contributed by atoms with Gasteiger partial charge in [-0.1, -0.05) is 47.5 Å². The molecule has 0 saturated heterocycles. The van der Waals surface area contributed by atoms with Gasteiger partial charge in [-0.15, -0.1) is 16.4 Å². The van der Waals surface area contributed by atoms with Gasteiger partial charge in [0.25, 0.3) is 5.91 Å². The Morgan fingerprint density at radius 3 is 2.57 bits per heavy atom. The zero-order chi connectivity index (χ0) is 19.7. The van der Waals surface area contributed by atoms with E-state index in [0.29, 0.717) is 32.0 Å². The zero-order valence-corrected chi connectivity index (χ0v) is 16.9. The second-order valence-electron chi connectivity index (χ2n) is 5.88. The number of H-pyrrole nitrogens is 1. The first-order valence-corrected chi connectivity index (χ1v) is 9.80. The van der Waals surface area contributed by atoms with E-state index in [-0.39, 0.29) is 11.9 Å². The number of anilines is 1. The Balaban J connectivity index is 1.55. The number of aromatic nitrogens is 4. The molecule has 4 rings (SSSR count). The number of hydrogen-bond donors (Lipinski definition) is 2. The van der Waals surface area contributed by atoms with Crippen molar-refractivity contribution < 1.29 is 4.79 Å². The Morgan fingerprint density at radius 2 is 1.82 bits per heavy atom. The normalized spacial score (nSPS) is 10.8. The zero-order valence-electron chi connectivity index (χ0n) is 14.5. The number of thiazole rings is 1. The lowest BCUT2D eigenvalue weighted by Crippen LogP contribution is -2.12. The van der Waals surface area contributed by atoms with Crippen molar-refractivity contribution in [3.8, 4) is 22.0 Å². The van der Waals surface area contributed by atoms with E-state index in [1.54, 1.807) is 25.1 Å². The molecule has 0 radical (unpaired) electrons. The van der Waals surface area contributed by atoms with Crippen molar-refractivity contribution in [3.05, 3.63) is 69.1 Å². The van der Waals surface area contributed by atoms with Crippen molar-refractivity contribution in [2.24, 2.45) is 0 Å². The molecule has 2 aromatic carbocycles. The fourth-order valence-electron chi connectivity index (χ4n) is 2.57. The minimum Gasteiger partial charge on any atom is -0.288 e. The van der Waals surface area contributed by atoms with Crippen LogP contribution in [0.15, 0.2) is 48.5 Å². The van der Waals surface area contributed by atoms with E-state index in [0.717, 1.165) is 10.6 Å². The number of amides is 1. The standard InChI is InChI=1S/C19H13Cl2N5OS/c1-10-15(28-18(22-10)11-6-8-12(20)9-7-11)17(27)24-19-23-16(25-26-19)13-4-2-3-5-14(13)21/h2-9H,1H3,(H2,23,24,25,26,27). The monoisotopic (exact) mass is 429 g/mol. The Morgan fingerprint density at radius 1 is 1.07 bits per heavy atom. The van der Waals surface area contributed by atoms with E-state index < -0.39 is 0 Å². The highest BCUT2D eigenvalue weighted by atomic mass is 35.5. The quantitative estimate of drug-likeness (QED) is 0.450. The molecule has 2 aromatic heterocycles. The molecule has 0 aliphatic carbocycles. The third-order valence-electron chi connectivity index (χ3n) is 3.93. The van der Waals surface area contributed by atoms with Crippen LogP contribution in [-0.4, -0.2) is 26.1 Å². The number of rotatable bonds is 4. The number of nitrogens with zero attached hydrogens (tertiary/aromatic N) is 3. The smallest absolute Gasteiger partial charge is 0.270 e. The van der Waals surface area contributed by atoms with Crippen molar-refractivity contribution in [3.63, 3.8) is 0 Å². The van der Waals surface area contributed by atoms with Crippen molar-refractivity contribution in [1.29, 1.82) is 0 Å². The van der Waals surface area contributed by atoms with Crippen LogP contribution in [0.3, 0.4) is 0 Å². The number of hydrogen-bond acceptors (Lipinski definition) is 5. The summed E-state index contributed by atoms with van der Waals surface area (Å²) in [6.07, 6.45) is 0. The van der Waals surface area contributed by atoms with Gasteiger partial charge in [0.1, 0.15) is 9.88 Å². The minimum absolute atomic E-state index is 0.167. The van der Waals surface area contributed by atoms with Gasteiger partial charge >= 0.3 is 0 Å². The average Bonchev–Trinajstić information content (AvgIpc) is 3.29. The summed E-state index contributed by atoms with van der Waals surface area (Å²) >= 11 is 13.4. The Bertz CT molecular complexity index is 1150. The first kappa shape index (κ1) is 18.6. The molecule has 140 valence electrons. The lowest BCUT2D eigenvalue weighted by atomic mass is 10.2. The Kier molecular flexibility index (Phi) is 5.13. The largest absolute Gasteiger partial charge is 0.288 e. The van der Waals surface area contributed by atoms with Crippen LogP contribution in [0, 0.1) is 6.92 Å². The average molecular weight is 430 g/mol. The molecule has 0 unspecified atom stereocenters. The highest BCUT2D eigenvalue weighted by Gasteiger charge is 2.18. The SMILES string of the molecule is Cc1nc(-c2ccc(Cl)cc2)sc1C(=O)Nc1n[nH]c(-c2ccccc2Cl)n1. The molecule has 28 heavy (non-hydrogen) atoms. The molecule has 2 heterocycles. The summed E-state index contributed by atoms with van der Waals surface area (Å²) < 4.78 is 0. The minimum atomic E-state index is -0.320. The predicted octanol–water partition coefficient (Wildman–Crippen LogP) is 5.46. The predicted molar refractivity (Wildman–Crippen MR) is 112 cm³/mol. The number of halogens is 2. The van der Waals surface area contributed by atoms with Crippen molar-refractivity contribution in [1.82, 2.24) is 20.2 Å². The van der Waals surface area contributed by atoms with Crippen LogP contribution in [0.1, 0.15) is 15.4 Å². The van der Waals surface area contributed by atoms with Gasteiger partial charge in [0.15, 0.2) is 5.82 Å². The van der Waals surface area contributed by atoms with Crippen molar-refractivity contribution >= 4 is 46.4 Å². The van der Waals surface area contributed by atoms with Crippen LogP contribution < -0.4 is 5.32 Å². The maximum absolute atomic E-state index is 12.7. The van der Waals surface area contributed by atoms with Crippen LogP contribution in [0.4, 0.5) is 5.95 Å². The molecule has 4 aromatic rings. The topological polar surface area (TPSA) is 83.6 Å². The molecular formula is C19H13Cl2N5OS. The van der Waals surface area contributed by atoms with Crippen LogP contribution in [0.5, 0.6) is 0 Å². The van der Waals surface area contributed by atoms with E-state index in [4.69, 9.17) is 23.2 Å². The van der Waals surface area contributed by atoms with Crippen LogP contribution in [0.2, 0.25) is 10.0 Å². The summed E-state index contributed by atoms with van der Waals surface area (Å²) in [4.78, 5) is 21.9. The van der Waals surface area contributed by atoms with E-state index in [1.807, 2.05) is 30.3 Å². The summed E-state index contributed by atoms with van der Waals surface area (Å²) in [5, 5.41) is 11.5. The number of carbonyl (C=O) groups is 1. The second kappa shape index (κ2) is 7.71. The number of aromatic amines is 1. The molecule has 0 bridgehead atoms. The second-order valence-corrected chi connectivity index (χ2v) is 7.72. The molecule has 6 nitrogen and oxygen atoms in total. The van der Waals surface area contributed by atoms with Gasteiger partial charge in [0.05, 0.1) is 10.7 Å². The highest BCUT2D eigenvalue weighted by molar-refractivity contribution is 7.17. The summed E-state index contributed by atoms with van der Waals surface area (Å²) in [5.41, 5.74) is 2.24. The molecule has 0 atom stereocenters. The van der Waals surface area contributed by atoms with Gasteiger partial charge in [-0.2, -0.15) is 4.98 Å². The van der Waals surface area contributed by atoms with E-state index in [9.17, 15) is 4.79 Å². The third kappa shape index (κ3) is 3.77. The first-order valence-electron chi connectivity index (χ1n) is 8.23. The third-order valence-corrected chi connectivity index (χ3v) is 5.72. The molecule has 0 aliphatic rings. The molecule has 0 fully saturated rings. The van der Waals surface area contributed by atoms with Gasteiger partial charge in [0.2, 0.25) is 5.95 Å². The van der Waals surface area contributed by atoms with Crippen LogP contribution >= 0.6 is 34.5 Å². The molecular weight excluding hydrogens is 417 g/mol. The van der Waals surface area contributed by atoms with E-state index >= 15 is 0 Å². The van der Waals surface area contributed by atoms with Gasteiger partial charge in [0, 0.05) is 16.1 Å². The van der Waals surface area contributed by atoms with Gasteiger partial charge in [-0.25, -0.2) is 4.98 Å². The Hall–Kier alpha value is -2.74. The van der Waals surface area contributed by atoms with Gasteiger partial charge in [-0.05, 0) is 31.2 Å². The van der Waals surface area contributed by atoms with E-state index in [1.165, 1.54) is 11.3 Å². The van der Waals surface area contributed by atoms with E-state index in [2.05, 4.69) is 25.5 Å². The maximum Gasteiger partial charge on any atom is 0.270 e. The summed E-state index contributed by atoms with van der Waals surface area (Å²) in [7, 11) is 0. The molecule has 0 aliphatic heterocycles. The summed E-state index contributed by atoms with van der Waals surface area (Å²) in [6.45, 7) is 1.79. The fourth-order valence-corrected chi connectivity index (χ4v) is 3.89. The molecule has 0 saturated carbocycles. The first-order chi connectivity index (χ1) is 13.5. The van der Waals surface area contributed by atoms with Crippen molar-refractivity contribution in [2.75, 3.05) is 5.32 Å². The molecule has 0 spiro atoms. The van der Waals surface area contributed by atoms with Crippen LogP contribution in [0.25, 0.3) is 22.0 Å². The van der Waals surface area contributed by atoms with Gasteiger partial charge < -0.3 is 0 Å². The number of benzene rings is 2. The summed E-state index contributed by atoms with van der Waals surface area (Å²) in [5.74, 6) is 0.324. The Labute approximate surface area is 174 Å². The fraction of sp³-hybridized carbons (Fsp3) is 0.0526. The van der Waals surface area contributed by atoms with Crippen molar-refractivity contribution in [2.45, 2.75) is 6.92 Å². The lowest BCUT2D eigenvalue weighted by Gasteiger charge is -1.99. The number of nitrogens with one attached hydrogen (secondary N) is 2. The lowest BCUT2D eigenvalue weighted by molar-refractivity contribution is 0.102. The maximum atomic E-state index is 12.7. The number of aryl methyl sites for hydroxylation is 1. The molecule has 9 heteroatoms. The van der Waals surface area contributed by atoms with Crippen LogP contribution in [-0.2, 0) is 0 Å². The molecule has 2 N–H and O–H groups in total. The van der Waals surface area contributed by atoms with Gasteiger partial charge in [-0.3, -0.25) is 15.2 Å². The highest BCUT2D eigenvalue weighted by Crippen LogP contribution is 2.29. The number of carbonyl (C=O) groups excluding carboxylic acids is 1.